The number of aliphatic hydroxyl groups is 1. The van der Waals surface area contributed by atoms with Gasteiger partial charge in [0.25, 0.3) is 5.91 Å². The van der Waals surface area contributed by atoms with E-state index < -0.39 is 17.6 Å². The Bertz CT molecular complexity index is 1080. The number of nitrogens with two attached hydrogens (primary N) is 1. The Morgan fingerprint density at radius 2 is 1.67 bits per heavy atom. The first-order valence-electron chi connectivity index (χ1n) is 9.04. The lowest BCUT2D eigenvalue weighted by molar-refractivity contribution is -0.137. The lowest BCUT2D eigenvalue weighted by Gasteiger charge is -2.16. The van der Waals surface area contributed by atoms with Gasteiger partial charge in [-0.1, -0.05) is 60.7 Å². The van der Waals surface area contributed by atoms with Crippen LogP contribution >= 0.6 is 0 Å². The van der Waals surface area contributed by atoms with Crippen LogP contribution in [0.15, 0.2) is 79.1 Å². The Labute approximate surface area is 171 Å². The number of amides is 1. The minimum atomic E-state index is -4.52. The van der Waals surface area contributed by atoms with Gasteiger partial charge in [-0.15, -0.1) is 0 Å². The van der Waals surface area contributed by atoms with Crippen molar-refractivity contribution in [2.24, 2.45) is 5.73 Å². The molecule has 3 rings (SSSR count). The molecule has 154 valence electrons. The first-order chi connectivity index (χ1) is 14.3. The maximum atomic E-state index is 13.7. The van der Waals surface area contributed by atoms with Crippen LogP contribution in [0.1, 0.15) is 16.7 Å². The van der Waals surface area contributed by atoms with Crippen LogP contribution in [0.2, 0.25) is 0 Å². The van der Waals surface area contributed by atoms with Crippen LogP contribution in [0.5, 0.6) is 0 Å². The number of rotatable bonds is 6. The van der Waals surface area contributed by atoms with Crippen molar-refractivity contribution in [2.45, 2.75) is 12.7 Å². The minimum Gasteiger partial charge on any atom is -0.515 e. The van der Waals surface area contributed by atoms with Gasteiger partial charge in [0.2, 0.25) is 0 Å². The highest BCUT2D eigenvalue weighted by Crippen LogP contribution is 2.38. The molecule has 0 unspecified atom stereocenters. The highest BCUT2D eigenvalue weighted by atomic mass is 19.4. The fourth-order valence-corrected chi connectivity index (χ4v) is 3.14. The van der Waals surface area contributed by atoms with E-state index >= 15 is 0 Å². The van der Waals surface area contributed by atoms with Crippen LogP contribution in [0.25, 0.3) is 16.7 Å². The number of aliphatic hydroxyl groups excluding tert-OH is 1. The minimum absolute atomic E-state index is 0.0760. The third kappa shape index (κ3) is 4.63. The van der Waals surface area contributed by atoms with E-state index in [-0.39, 0.29) is 17.7 Å². The highest BCUT2D eigenvalue weighted by Gasteiger charge is 2.33. The van der Waals surface area contributed by atoms with Crippen molar-refractivity contribution in [3.05, 3.63) is 95.7 Å². The van der Waals surface area contributed by atoms with E-state index in [2.05, 4.69) is 5.32 Å². The largest absolute Gasteiger partial charge is 0.515 e. The van der Waals surface area contributed by atoms with Crippen molar-refractivity contribution >= 4 is 17.2 Å². The summed E-state index contributed by atoms with van der Waals surface area (Å²) in [6.07, 6.45) is -3.91. The number of carbonyl (C=O) groups is 1. The van der Waals surface area contributed by atoms with Gasteiger partial charge in [-0.05, 0) is 28.8 Å². The lowest BCUT2D eigenvalue weighted by atomic mass is 9.97. The van der Waals surface area contributed by atoms with Crippen LogP contribution in [0, 0.1) is 0 Å². The normalized spacial score (nSPS) is 11.9. The van der Waals surface area contributed by atoms with Gasteiger partial charge in [-0.2, -0.15) is 13.2 Å². The summed E-state index contributed by atoms with van der Waals surface area (Å²) in [6, 6.07) is 19.1. The number of carbonyl (C=O) groups excluding carboxylic acids is 1. The van der Waals surface area contributed by atoms with Crippen LogP contribution in [-0.2, 0) is 17.5 Å². The molecule has 0 bridgehead atoms. The monoisotopic (exact) mass is 412 g/mol. The van der Waals surface area contributed by atoms with Gasteiger partial charge in [0.15, 0.2) is 0 Å². The van der Waals surface area contributed by atoms with Gasteiger partial charge < -0.3 is 16.2 Å². The molecule has 0 atom stereocenters. The number of hydrogen-bond acceptors (Lipinski definition) is 3. The molecule has 4 nitrogen and oxygen atoms in total. The number of hydrogen-bond donors (Lipinski definition) is 3. The molecule has 0 aliphatic heterocycles. The highest BCUT2D eigenvalue weighted by molar-refractivity contribution is 6.19. The smallest absolute Gasteiger partial charge is 0.417 e. The predicted molar refractivity (Wildman–Crippen MR) is 110 cm³/mol. The van der Waals surface area contributed by atoms with Gasteiger partial charge >= 0.3 is 6.18 Å². The SMILES string of the molecule is NC(=O)/C(=C\O)c1ccccc1NCc1ccc(-c2ccccc2)c(C(F)(F)F)c1. The molecule has 4 N–H and O–H groups in total. The molecule has 0 radical (unpaired) electrons. The van der Waals surface area contributed by atoms with E-state index in [1.165, 1.54) is 6.07 Å². The molecule has 3 aromatic rings. The van der Waals surface area contributed by atoms with Gasteiger partial charge in [-0.3, -0.25) is 4.79 Å². The zero-order chi connectivity index (χ0) is 21.7. The predicted octanol–water partition coefficient (Wildman–Crippen LogP) is 5.37. The number of benzene rings is 3. The fourth-order valence-electron chi connectivity index (χ4n) is 3.14. The Balaban J connectivity index is 1.92. The second-order valence-corrected chi connectivity index (χ2v) is 6.55. The quantitative estimate of drug-likeness (QED) is 0.376. The average Bonchev–Trinajstić information content (AvgIpc) is 2.73. The van der Waals surface area contributed by atoms with Crippen molar-refractivity contribution in [2.75, 3.05) is 5.32 Å². The van der Waals surface area contributed by atoms with Crippen molar-refractivity contribution in [1.82, 2.24) is 0 Å². The Morgan fingerprint density at radius 3 is 2.30 bits per heavy atom. The fraction of sp³-hybridized carbons (Fsp3) is 0.0870. The Kier molecular flexibility index (Phi) is 6.11. The summed E-state index contributed by atoms with van der Waals surface area (Å²) in [4.78, 5) is 11.5. The van der Waals surface area contributed by atoms with Gasteiger partial charge in [-0.25, -0.2) is 0 Å². The standard InChI is InChI=1S/C23H19F3N2O2/c24-23(25,26)20-12-15(10-11-17(20)16-6-2-1-3-7-16)13-28-21-9-5-4-8-18(21)19(14-29)22(27)30/h1-12,14,28-29H,13H2,(H2,27,30)/b19-14-. The molecule has 0 saturated carbocycles. The molecule has 0 spiro atoms. The van der Waals surface area contributed by atoms with Gasteiger partial charge in [0, 0.05) is 17.8 Å². The van der Waals surface area contributed by atoms with Crippen molar-refractivity contribution in [3.8, 4) is 11.1 Å². The van der Waals surface area contributed by atoms with Crippen molar-refractivity contribution in [1.29, 1.82) is 0 Å². The Hall–Kier alpha value is -3.74. The van der Waals surface area contributed by atoms with Gasteiger partial charge in [0.05, 0.1) is 17.4 Å². The molecule has 3 aromatic carbocycles. The first-order valence-corrected chi connectivity index (χ1v) is 9.04. The van der Waals surface area contributed by atoms with E-state index in [9.17, 15) is 23.1 Å². The second-order valence-electron chi connectivity index (χ2n) is 6.55. The molecule has 1 amide bonds. The van der Waals surface area contributed by atoms with E-state index in [0.717, 1.165) is 6.07 Å². The van der Waals surface area contributed by atoms with E-state index in [1.807, 2.05) is 0 Å². The average molecular weight is 412 g/mol. The van der Waals surface area contributed by atoms with E-state index in [1.54, 1.807) is 60.7 Å². The third-order valence-corrected chi connectivity index (χ3v) is 4.57. The number of para-hydroxylation sites is 1. The summed E-state index contributed by atoms with van der Waals surface area (Å²) in [5.74, 6) is -0.821. The number of halogens is 3. The van der Waals surface area contributed by atoms with Crippen LogP contribution < -0.4 is 11.1 Å². The molecular formula is C23H19F3N2O2. The van der Waals surface area contributed by atoms with Gasteiger partial charge in [0.1, 0.15) is 0 Å². The molecule has 0 saturated heterocycles. The molecule has 0 heterocycles. The third-order valence-electron chi connectivity index (χ3n) is 4.57. The summed E-state index contributed by atoms with van der Waals surface area (Å²) in [7, 11) is 0. The van der Waals surface area contributed by atoms with Crippen molar-refractivity contribution in [3.63, 3.8) is 0 Å². The number of nitrogens with one attached hydrogen (secondary N) is 1. The first kappa shape index (κ1) is 21.0. The maximum Gasteiger partial charge on any atom is 0.417 e. The molecular weight excluding hydrogens is 393 g/mol. The van der Waals surface area contributed by atoms with Crippen LogP contribution in [0.3, 0.4) is 0 Å². The summed E-state index contributed by atoms with van der Waals surface area (Å²) < 4.78 is 41.0. The van der Waals surface area contributed by atoms with E-state index in [0.29, 0.717) is 28.6 Å². The summed E-state index contributed by atoms with van der Waals surface area (Å²) in [5, 5.41) is 12.3. The Morgan fingerprint density at radius 1 is 1.00 bits per heavy atom. The second kappa shape index (κ2) is 8.73. The maximum absolute atomic E-state index is 13.7. The molecule has 0 aliphatic rings. The molecule has 0 fully saturated rings. The van der Waals surface area contributed by atoms with E-state index in [4.69, 9.17) is 5.73 Å². The molecule has 7 heteroatoms. The lowest BCUT2D eigenvalue weighted by Crippen LogP contribution is -2.14. The zero-order valence-corrected chi connectivity index (χ0v) is 15.8. The summed E-state index contributed by atoms with van der Waals surface area (Å²) in [6.45, 7) is 0.0760. The number of alkyl halides is 3. The van der Waals surface area contributed by atoms with Crippen molar-refractivity contribution < 1.29 is 23.1 Å². The topological polar surface area (TPSA) is 75.4 Å². The molecule has 30 heavy (non-hydrogen) atoms. The summed E-state index contributed by atoms with van der Waals surface area (Å²) in [5.41, 5.74) is 6.24. The van der Waals surface area contributed by atoms with Crippen LogP contribution in [-0.4, -0.2) is 11.0 Å². The van der Waals surface area contributed by atoms with Crippen LogP contribution in [0.4, 0.5) is 18.9 Å². The summed E-state index contributed by atoms with van der Waals surface area (Å²) >= 11 is 0. The molecule has 0 aliphatic carbocycles. The number of primary amides is 1. The number of anilines is 1. The zero-order valence-electron chi connectivity index (χ0n) is 15.8. The molecule has 0 aromatic heterocycles.